The van der Waals surface area contributed by atoms with Crippen LogP contribution in [0.1, 0.15) is 21.5 Å². The normalized spacial score (nSPS) is 10.6. The largest absolute Gasteiger partial charge is 0.497 e. The van der Waals surface area contributed by atoms with Gasteiger partial charge in [-0.15, -0.1) is 22.0 Å². The van der Waals surface area contributed by atoms with Crippen molar-refractivity contribution in [3.63, 3.8) is 0 Å². The molecule has 0 unspecified atom stereocenters. The third-order valence-corrected chi connectivity index (χ3v) is 6.60. The number of aryl methyl sites for hydroxylation is 1. The van der Waals surface area contributed by atoms with Gasteiger partial charge >= 0.3 is 0 Å². The zero-order valence-corrected chi connectivity index (χ0v) is 18.8. The van der Waals surface area contributed by atoms with Gasteiger partial charge in [-0.05, 0) is 61.0 Å². The molecular weight excluding hydrogens is 426 g/mol. The molecule has 1 N–H and O–H groups in total. The van der Waals surface area contributed by atoms with Gasteiger partial charge in [-0.25, -0.2) is 0 Å². The van der Waals surface area contributed by atoms with E-state index in [0.29, 0.717) is 10.7 Å². The molecule has 156 valence electrons. The summed E-state index contributed by atoms with van der Waals surface area (Å²) in [5, 5.41) is 12.3. The third-order valence-electron chi connectivity index (χ3n) is 4.63. The summed E-state index contributed by atoms with van der Waals surface area (Å²) in [6.07, 6.45) is 0. The standard InChI is InChI=1S/C24H21N3O2S2/c1-16-3-13-21(14-4-16)30-15-17-5-7-18(8-6-17)22(28)25-24-27-26-23(31-24)19-9-11-20(29-2)12-10-19/h3-14H,15H2,1-2H3,(H,25,27,28). The number of aromatic nitrogens is 2. The molecule has 0 radical (unpaired) electrons. The van der Waals surface area contributed by atoms with Gasteiger partial charge < -0.3 is 4.74 Å². The zero-order valence-electron chi connectivity index (χ0n) is 17.2. The van der Waals surface area contributed by atoms with E-state index in [-0.39, 0.29) is 5.91 Å². The number of ether oxygens (including phenoxy) is 1. The van der Waals surface area contributed by atoms with Crippen molar-refractivity contribution in [3.05, 3.63) is 89.5 Å². The van der Waals surface area contributed by atoms with Crippen molar-refractivity contribution in [1.82, 2.24) is 10.2 Å². The maximum Gasteiger partial charge on any atom is 0.257 e. The van der Waals surface area contributed by atoms with E-state index in [0.717, 1.165) is 22.1 Å². The molecule has 4 rings (SSSR count). The number of nitrogens with zero attached hydrogens (tertiary/aromatic N) is 2. The molecule has 0 aliphatic carbocycles. The fourth-order valence-corrected chi connectivity index (χ4v) is 4.45. The van der Waals surface area contributed by atoms with E-state index in [1.54, 1.807) is 18.9 Å². The van der Waals surface area contributed by atoms with Gasteiger partial charge in [0.1, 0.15) is 10.8 Å². The van der Waals surface area contributed by atoms with Gasteiger partial charge in [-0.2, -0.15) is 0 Å². The second-order valence-electron chi connectivity index (χ2n) is 6.89. The Labute approximate surface area is 189 Å². The number of rotatable bonds is 7. The van der Waals surface area contributed by atoms with Gasteiger partial charge in [-0.3, -0.25) is 10.1 Å². The number of benzene rings is 3. The average molecular weight is 448 g/mol. The van der Waals surface area contributed by atoms with Crippen molar-refractivity contribution < 1.29 is 9.53 Å². The van der Waals surface area contributed by atoms with Crippen molar-refractivity contribution in [1.29, 1.82) is 0 Å². The van der Waals surface area contributed by atoms with Crippen LogP contribution in [0, 0.1) is 6.92 Å². The van der Waals surface area contributed by atoms with E-state index in [1.165, 1.54) is 27.4 Å². The summed E-state index contributed by atoms with van der Waals surface area (Å²) in [6, 6.07) is 23.7. The SMILES string of the molecule is COc1ccc(-c2nnc(NC(=O)c3ccc(CSc4ccc(C)cc4)cc3)s2)cc1. The van der Waals surface area contributed by atoms with Crippen molar-refractivity contribution in [2.75, 3.05) is 12.4 Å². The molecule has 0 bridgehead atoms. The molecule has 4 aromatic rings. The van der Waals surface area contributed by atoms with E-state index in [4.69, 9.17) is 4.74 Å². The van der Waals surface area contributed by atoms with E-state index in [1.807, 2.05) is 48.5 Å². The fourth-order valence-electron chi connectivity index (χ4n) is 2.85. The summed E-state index contributed by atoms with van der Waals surface area (Å²) >= 11 is 3.11. The van der Waals surface area contributed by atoms with E-state index < -0.39 is 0 Å². The molecule has 0 spiro atoms. The maximum absolute atomic E-state index is 12.6. The number of anilines is 1. The Hall–Kier alpha value is -3.16. The third kappa shape index (κ3) is 5.51. The van der Waals surface area contributed by atoms with Gasteiger partial charge in [0.05, 0.1) is 7.11 Å². The van der Waals surface area contributed by atoms with E-state index in [9.17, 15) is 4.79 Å². The molecule has 1 aromatic heterocycles. The second kappa shape index (κ2) is 9.76. The minimum absolute atomic E-state index is 0.199. The topological polar surface area (TPSA) is 64.1 Å². The molecule has 31 heavy (non-hydrogen) atoms. The highest BCUT2D eigenvalue weighted by Crippen LogP contribution is 2.28. The Morgan fingerprint density at radius 3 is 2.35 bits per heavy atom. The average Bonchev–Trinajstić information content (AvgIpc) is 3.27. The first-order valence-corrected chi connectivity index (χ1v) is 11.5. The molecule has 0 saturated carbocycles. The number of nitrogens with one attached hydrogen (secondary N) is 1. The predicted octanol–water partition coefficient (Wildman–Crippen LogP) is 6.07. The van der Waals surface area contributed by atoms with Crippen molar-refractivity contribution in [3.8, 4) is 16.3 Å². The van der Waals surface area contributed by atoms with Crippen molar-refractivity contribution >= 4 is 34.1 Å². The number of thioether (sulfide) groups is 1. The Morgan fingerprint density at radius 1 is 0.968 bits per heavy atom. The van der Waals surface area contributed by atoms with Crippen molar-refractivity contribution in [2.45, 2.75) is 17.6 Å². The maximum atomic E-state index is 12.6. The smallest absolute Gasteiger partial charge is 0.257 e. The van der Waals surface area contributed by atoms with Gasteiger partial charge in [-0.1, -0.05) is 41.2 Å². The Morgan fingerprint density at radius 2 is 1.68 bits per heavy atom. The molecule has 5 nitrogen and oxygen atoms in total. The molecule has 3 aromatic carbocycles. The molecule has 0 atom stereocenters. The van der Waals surface area contributed by atoms with Crippen LogP contribution in [-0.4, -0.2) is 23.2 Å². The first kappa shape index (κ1) is 21.1. The van der Waals surface area contributed by atoms with Gasteiger partial charge in [0.2, 0.25) is 5.13 Å². The van der Waals surface area contributed by atoms with Gasteiger partial charge in [0.15, 0.2) is 0 Å². The fraction of sp³-hybridized carbons (Fsp3) is 0.125. The molecule has 7 heteroatoms. The summed E-state index contributed by atoms with van der Waals surface area (Å²) < 4.78 is 5.17. The lowest BCUT2D eigenvalue weighted by molar-refractivity contribution is 0.102. The van der Waals surface area contributed by atoms with Crippen LogP contribution < -0.4 is 10.1 Å². The first-order valence-electron chi connectivity index (χ1n) is 9.68. The summed E-state index contributed by atoms with van der Waals surface area (Å²) in [6.45, 7) is 2.08. The van der Waals surface area contributed by atoms with Crippen LogP contribution >= 0.6 is 23.1 Å². The number of carbonyl (C=O) groups is 1. The number of amides is 1. The molecular formula is C24H21N3O2S2. The minimum atomic E-state index is -0.199. The lowest BCUT2D eigenvalue weighted by Gasteiger charge is -2.05. The van der Waals surface area contributed by atoms with E-state index in [2.05, 4.69) is 46.7 Å². The van der Waals surface area contributed by atoms with Crippen LogP contribution in [0.5, 0.6) is 5.75 Å². The van der Waals surface area contributed by atoms with Crippen molar-refractivity contribution in [2.24, 2.45) is 0 Å². The lowest BCUT2D eigenvalue weighted by Crippen LogP contribution is -2.11. The molecule has 0 aliphatic heterocycles. The van der Waals surface area contributed by atoms with Gasteiger partial charge in [0, 0.05) is 21.8 Å². The number of hydrogen-bond acceptors (Lipinski definition) is 6. The monoisotopic (exact) mass is 447 g/mol. The zero-order chi connectivity index (χ0) is 21.6. The predicted molar refractivity (Wildman–Crippen MR) is 127 cm³/mol. The van der Waals surface area contributed by atoms with Crippen LogP contribution in [0.2, 0.25) is 0 Å². The summed E-state index contributed by atoms with van der Waals surface area (Å²) in [5.74, 6) is 1.43. The molecule has 1 heterocycles. The summed E-state index contributed by atoms with van der Waals surface area (Å²) in [4.78, 5) is 13.8. The number of methoxy groups -OCH3 is 1. The molecule has 0 fully saturated rings. The van der Waals surface area contributed by atoms with Crippen LogP contribution in [0.25, 0.3) is 10.6 Å². The summed E-state index contributed by atoms with van der Waals surface area (Å²) in [7, 11) is 1.63. The van der Waals surface area contributed by atoms with E-state index >= 15 is 0 Å². The van der Waals surface area contributed by atoms with Gasteiger partial charge in [0.25, 0.3) is 5.91 Å². The number of hydrogen-bond donors (Lipinski definition) is 1. The summed E-state index contributed by atoms with van der Waals surface area (Å²) in [5.41, 5.74) is 3.94. The Bertz CT molecular complexity index is 1150. The second-order valence-corrected chi connectivity index (χ2v) is 8.92. The minimum Gasteiger partial charge on any atom is -0.497 e. The molecule has 1 amide bonds. The number of carbonyl (C=O) groups excluding carboxylic acids is 1. The lowest BCUT2D eigenvalue weighted by atomic mass is 10.1. The van der Waals surface area contributed by atoms with Crippen LogP contribution in [-0.2, 0) is 5.75 Å². The molecule has 0 aliphatic rings. The van der Waals surface area contributed by atoms with Crippen LogP contribution in [0.4, 0.5) is 5.13 Å². The Balaban J connectivity index is 1.35. The quantitative estimate of drug-likeness (QED) is 0.349. The highest BCUT2D eigenvalue weighted by Gasteiger charge is 2.11. The van der Waals surface area contributed by atoms with Crippen LogP contribution in [0.3, 0.4) is 0 Å². The highest BCUT2D eigenvalue weighted by atomic mass is 32.2. The van der Waals surface area contributed by atoms with Crippen LogP contribution in [0.15, 0.2) is 77.7 Å². The highest BCUT2D eigenvalue weighted by molar-refractivity contribution is 7.98. The first-order chi connectivity index (χ1) is 15.1. The molecule has 0 saturated heterocycles. The Kier molecular flexibility index (Phi) is 6.64.